The Balaban J connectivity index is 1.81. The Labute approximate surface area is 160 Å². The summed E-state index contributed by atoms with van der Waals surface area (Å²) in [6, 6.07) is 19.2. The Morgan fingerprint density at radius 2 is 1.70 bits per heavy atom. The summed E-state index contributed by atoms with van der Waals surface area (Å²) in [4.78, 5) is 11.5. The van der Waals surface area contributed by atoms with E-state index in [1.165, 1.54) is 11.6 Å². The molecule has 27 heavy (non-hydrogen) atoms. The zero-order valence-corrected chi connectivity index (χ0v) is 16.0. The van der Waals surface area contributed by atoms with Gasteiger partial charge in [-0.05, 0) is 32.4 Å². The number of nitrogens with one attached hydrogen (secondary N) is 1. The zero-order chi connectivity index (χ0) is 19.2. The third-order valence-electron chi connectivity index (χ3n) is 4.34. The van der Waals surface area contributed by atoms with Crippen LogP contribution in [-0.2, 0) is 13.1 Å². The summed E-state index contributed by atoms with van der Waals surface area (Å²) in [6.45, 7) is 7.31. The lowest BCUT2D eigenvalue weighted by atomic mass is 10.2. The Morgan fingerprint density at radius 1 is 1.00 bits per heavy atom. The van der Waals surface area contributed by atoms with E-state index >= 15 is 0 Å². The van der Waals surface area contributed by atoms with Crippen LogP contribution in [-0.4, -0.2) is 16.0 Å². The van der Waals surface area contributed by atoms with Gasteiger partial charge in [-0.15, -0.1) is 0 Å². The molecular weight excluding hydrogens is 339 g/mol. The molecule has 1 aromatic heterocycles. The predicted molar refractivity (Wildman–Crippen MR) is 108 cm³/mol. The summed E-state index contributed by atoms with van der Waals surface area (Å²) in [5.41, 5.74) is 2.69. The maximum absolute atomic E-state index is 13.8. The van der Waals surface area contributed by atoms with Crippen molar-refractivity contribution in [3.8, 4) is 0 Å². The molecule has 0 aliphatic rings. The van der Waals surface area contributed by atoms with Crippen molar-refractivity contribution in [1.29, 1.82) is 0 Å². The van der Waals surface area contributed by atoms with E-state index in [0.717, 1.165) is 12.2 Å². The van der Waals surface area contributed by atoms with Gasteiger partial charge in [0.1, 0.15) is 11.6 Å². The second-order valence-electron chi connectivity index (χ2n) is 6.85. The molecule has 0 saturated carbocycles. The number of halogens is 1. The maximum Gasteiger partial charge on any atom is 0.228 e. The summed E-state index contributed by atoms with van der Waals surface area (Å²) < 4.78 is 13.8. The van der Waals surface area contributed by atoms with Gasteiger partial charge in [-0.1, -0.05) is 48.5 Å². The fourth-order valence-corrected chi connectivity index (χ4v) is 2.86. The highest BCUT2D eigenvalue weighted by atomic mass is 19.1. The number of anilines is 2. The van der Waals surface area contributed by atoms with E-state index in [9.17, 15) is 4.39 Å². The molecule has 5 heteroatoms. The number of rotatable bonds is 7. The first kappa shape index (κ1) is 18.8. The highest BCUT2D eigenvalue weighted by Crippen LogP contribution is 2.20. The van der Waals surface area contributed by atoms with E-state index in [2.05, 4.69) is 46.2 Å². The molecule has 0 unspecified atom stereocenters. The van der Waals surface area contributed by atoms with Gasteiger partial charge >= 0.3 is 0 Å². The van der Waals surface area contributed by atoms with Crippen molar-refractivity contribution in [3.63, 3.8) is 0 Å². The van der Waals surface area contributed by atoms with Crippen LogP contribution in [0.25, 0.3) is 0 Å². The molecule has 0 atom stereocenters. The number of nitrogens with zero attached hydrogens (tertiary/aromatic N) is 3. The van der Waals surface area contributed by atoms with Gasteiger partial charge in [0, 0.05) is 36.5 Å². The van der Waals surface area contributed by atoms with Gasteiger partial charge in [0.2, 0.25) is 5.95 Å². The van der Waals surface area contributed by atoms with E-state index in [1.54, 1.807) is 12.1 Å². The summed E-state index contributed by atoms with van der Waals surface area (Å²) in [6.07, 6.45) is 0. The molecule has 140 valence electrons. The smallest absolute Gasteiger partial charge is 0.228 e. The van der Waals surface area contributed by atoms with Crippen molar-refractivity contribution >= 4 is 11.8 Å². The second kappa shape index (κ2) is 8.62. The Kier molecular flexibility index (Phi) is 6.01. The maximum atomic E-state index is 13.8. The highest BCUT2D eigenvalue weighted by molar-refractivity contribution is 5.45. The van der Waals surface area contributed by atoms with Crippen LogP contribution in [0.5, 0.6) is 0 Å². The minimum absolute atomic E-state index is 0.219. The molecule has 0 saturated heterocycles. The van der Waals surface area contributed by atoms with Crippen LogP contribution in [0.1, 0.15) is 30.7 Å². The first-order valence-corrected chi connectivity index (χ1v) is 9.16. The fraction of sp³-hybridized carbons (Fsp3) is 0.273. The van der Waals surface area contributed by atoms with E-state index in [1.807, 2.05) is 37.3 Å². The van der Waals surface area contributed by atoms with E-state index in [4.69, 9.17) is 0 Å². The molecule has 3 rings (SSSR count). The lowest BCUT2D eigenvalue weighted by Gasteiger charge is -2.27. The number of benzene rings is 2. The second-order valence-corrected chi connectivity index (χ2v) is 6.85. The minimum Gasteiger partial charge on any atom is -0.366 e. The third kappa shape index (κ3) is 5.03. The van der Waals surface area contributed by atoms with Gasteiger partial charge < -0.3 is 10.2 Å². The summed E-state index contributed by atoms with van der Waals surface area (Å²) in [7, 11) is 0. The largest absolute Gasteiger partial charge is 0.366 e. The molecule has 1 heterocycles. The lowest BCUT2D eigenvalue weighted by molar-refractivity contribution is 0.612. The Bertz CT molecular complexity index is 880. The molecule has 0 aliphatic carbocycles. The lowest BCUT2D eigenvalue weighted by Crippen LogP contribution is -2.32. The minimum atomic E-state index is -0.219. The van der Waals surface area contributed by atoms with Crippen molar-refractivity contribution in [2.24, 2.45) is 0 Å². The highest BCUT2D eigenvalue weighted by Gasteiger charge is 2.15. The van der Waals surface area contributed by atoms with Gasteiger partial charge in [-0.3, -0.25) is 0 Å². The van der Waals surface area contributed by atoms with E-state index < -0.39 is 0 Å². The average Bonchev–Trinajstić information content (AvgIpc) is 2.65. The van der Waals surface area contributed by atoms with Crippen LogP contribution in [0.15, 0.2) is 60.7 Å². The van der Waals surface area contributed by atoms with Crippen LogP contribution in [0.4, 0.5) is 16.2 Å². The number of aromatic nitrogens is 2. The predicted octanol–water partition coefficient (Wildman–Crippen LogP) is 4.95. The van der Waals surface area contributed by atoms with Crippen LogP contribution >= 0.6 is 0 Å². The molecule has 0 bridgehead atoms. The quantitative estimate of drug-likeness (QED) is 0.644. The van der Waals surface area contributed by atoms with Gasteiger partial charge in [0.25, 0.3) is 0 Å². The van der Waals surface area contributed by atoms with Crippen molar-refractivity contribution < 1.29 is 4.39 Å². The topological polar surface area (TPSA) is 41.1 Å². The van der Waals surface area contributed by atoms with Gasteiger partial charge in [-0.2, -0.15) is 4.98 Å². The third-order valence-corrected chi connectivity index (χ3v) is 4.34. The summed E-state index contributed by atoms with van der Waals surface area (Å²) in [5.74, 6) is 1.15. The zero-order valence-electron chi connectivity index (χ0n) is 16.0. The first-order chi connectivity index (χ1) is 13.0. The molecule has 0 fully saturated rings. The molecule has 4 nitrogen and oxygen atoms in total. The molecule has 3 aromatic rings. The van der Waals surface area contributed by atoms with Crippen molar-refractivity contribution in [2.45, 2.75) is 39.9 Å². The number of hydrogen-bond donors (Lipinski definition) is 1. The van der Waals surface area contributed by atoms with Gasteiger partial charge in [-0.25, -0.2) is 9.37 Å². The fourth-order valence-electron chi connectivity index (χ4n) is 2.86. The first-order valence-electron chi connectivity index (χ1n) is 9.16. The van der Waals surface area contributed by atoms with Crippen molar-refractivity contribution in [3.05, 3.63) is 83.3 Å². The number of hydrogen-bond acceptors (Lipinski definition) is 4. The molecule has 0 amide bonds. The van der Waals surface area contributed by atoms with Gasteiger partial charge in [0.05, 0.1) is 0 Å². The SMILES string of the molecule is Cc1cc(NCc2ccccc2F)nc(N(Cc2ccccc2)C(C)C)n1. The van der Waals surface area contributed by atoms with Crippen LogP contribution in [0.3, 0.4) is 0 Å². The Hall–Kier alpha value is -2.95. The molecule has 0 spiro atoms. The van der Waals surface area contributed by atoms with Crippen molar-refractivity contribution in [1.82, 2.24) is 9.97 Å². The summed E-state index contributed by atoms with van der Waals surface area (Å²) >= 11 is 0. The van der Waals surface area contributed by atoms with E-state index in [0.29, 0.717) is 23.9 Å². The van der Waals surface area contributed by atoms with Crippen LogP contribution < -0.4 is 10.2 Å². The van der Waals surface area contributed by atoms with Crippen molar-refractivity contribution in [2.75, 3.05) is 10.2 Å². The monoisotopic (exact) mass is 364 g/mol. The average molecular weight is 364 g/mol. The normalized spacial score (nSPS) is 10.9. The van der Waals surface area contributed by atoms with Gasteiger partial charge in [0.15, 0.2) is 0 Å². The molecule has 1 N–H and O–H groups in total. The van der Waals surface area contributed by atoms with Crippen LogP contribution in [0, 0.1) is 12.7 Å². The molecule has 2 aromatic carbocycles. The summed E-state index contributed by atoms with van der Waals surface area (Å²) in [5, 5.41) is 3.22. The van der Waals surface area contributed by atoms with Crippen LogP contribution in [0.2, 0.25) is 0 Å². The molecule has 0 radical (unpaired) electrons. The Morgan fingerprint density at radius 3 is 2.41 bits per heavy atom. The number of aryl methyl sites for hydroxylation is 1. The van der Waals surface area contributed by atoms with E-state index in [-0.39, 0.29) is 11.9 Å². The molecular formula is C22H25FN4. The standard InChI is InChI=1S/C22H25FN4/c1-16(2)27(15-18-9-5-4-6-10-18)22-25-17(3)13-21(26-22)24-14-19-11-7-8-12-20(19)23/h4-13,16H,14-15H2,1-3H3,(H,24,25,26). The molecule has 0 aliphatic heterocycles.